The fraction of sp³-hybridized carbons (Fsp3) is 0.375. The summed E-state index contributed by atoms with van der Waals surface area (Å²) in [5.41, 5.74) is -0.838. The summed E-state index contributed by atoms with van der Waals surface area (Å²) in [6.07, 6.45) is 2.28. The van der Waals surface area contributed by atoms with E-state index in [1.165, 1.54) is 18.4 Å². The molecule has 1 saturated heterocycles. The molecule has 0 radical (unpaired) electrons. The zero-order valence-corrected chi connectivity index (χ0v) is 18.9. The topological polar surface area (TPSA) is 85.3 Å². The maximum Gasteiger partial charge on any atom is 1.00 e. The van der Waals surface area contributed by atoms with Gasteiger partial charge in [-0.15, -0.1) is 0 Å². The van der Waals surface area contributed by atoms with Crippen LogP contribution in [-0.4, -0.2) is 42.3 Å². The minimum atomic E-state index is -2.02. The number of rotatable bonds is 5. The standard InChI is InChI=1S/C20H19NO6.C4H9.Li/c1-25-18(22)15-11-21(10-13-5-3-2-4-6-13)19(23)20(15,24)14-7-8-16-17(9-14)27-12-26-16;1-3-4-2;/h2-9,15,24H,10-12H2,1H3;1,3-4H2,2H3;/q;-1;+1. The number of unbranched alkanes of at least 4 members (excludes halogenated alkanes) is 1. The molecule has 2 aromatic carbocycles. The summed E-state index contributed by atoms with van der Waals surface area (Å²) >= 11 is 0. The van der Waals surface area contributed by atoms with E-state index in [1.54, 1.807) is 18.2 Å². The second kappa shape index (κ2) is 11.4. The summed E-state index contributed by atoms with van der Waals surface area (Å²) in [5.74, 6) is -1.26. The van der Waals surface area contributed by atoms with Crippen molar-refractivity contribution in [3.8, 4) is 11.5 Å². The second-order valence-electron chi connectivity index (χ2n) is 7.43. The molecule has 2 atom stereocenters. The third-order valence-corrected chi connectivity index (χ3v) is 5.39. The number of carbonyl (C=O) groups is 2. The van der Waals surface area contributed by atoms with Crippen molar-refractivity contribution in [2.24, 2.45) is 5.92 Å². The van der Waals surface area contributed by atoms with Crippen molar-refractivity contribution in [3.05, 3.63) is 66.6 Å². The van der Waals surface area contributed by atoms with Crippen LogP contribution in [0, 0.1) is 12.8 Å². The zero-order chi connectivity index (χ0) is 22.4. The van der Waals surface area contributed by atoms with Gasteiger partial charge in [0, 0.05) is 13.1 Å². The van der Waals surface area contributed by atoms with E-state index in [0.717, 1.165) is 12.0 Å². The molecule has 0 saturated carbocycles. The van der Waals surface area contributed by atoms with Crippen molar-refractivity contribution in [1.82, 2.24) is 4.90 Å². The average Bonchev–Trinajstić information content (AvgIpc) is 3.38. The van der Waals surface area contributed by atoms with Crippen molar-refractivity contribution in [1.29, 1.82) is 0 Å². The van der Waals surface area contributed by atoms with E-state index in [-0.39, 0.29) is 37.8 Å². The molecule has 0 aromatic heterocycles. The van der Waals surface area contributed by atoms with Gasteiger partial charge in [0.15, 0.2) is 17.1 Å². The van der Waals surface area contributed by atoms with E-state index >= 15 is 0 Å². The number of amides is 1. The molecule has 8 heteroatoms. The summed E-state index contributed by atoms with van der Waals surface area (Å²) in [6, 6.07) is 14.1. The van der Waals surface area contributed by atoms with E-state index in [1.807, 2.05) is 30.3 Å². The number of hydrogen-bond donors (Lipinski definition) is 1. The van der Waals surface area contributed by atoms with Crippen LogP contribution in [0.2, 0.25) is 0 Å². The van der Waals surface area contributed by atoms with Gasteiger partial charge in [0.25, 0.3) is 5.91 Å². The summed E-state index contributed by atoms with van der Waals surface area (Å²) in [5, 5.41) is 11.4. The number of ether oxygens (including phenoxy) is 3. The minimum Gasteiger partial charge on any atom is -0.469 e. The first kappa shape index (κ1) is 25.8. The molecule has 0 aliphatic carbocycles. The number of benzene rings is 2. The van der Waals surface area contributed by atoms with Crippen molar-refractivity contribution in [2.75, 3.05) is 20.4 Å². The molecule has 32 heavy (non-hydrogen) atoms. The van der Waals surface area contributed by atoms with E-state index in [4.69, 9.17) is 14.2 Å². The fourth-order valence-electron chi connectivity index (χ4n) is 3.61. The van der Waals surface area contributed by atoms with Gasteiger partial charge in [-0.05, 0) is 23.3 Å². The van der Waals surface area contributed by atoms with Gasteiger partial charge in [-0.1, -0.05) is 49.7 Å². The van der Waals surface area contributed by atoms with Crippen LogP contribution >= 0.6 is 0 Å². The Balaban J connectivity index is 0.000000672. The fourth-order valence-corrected chi connectivity index (χ4v) is 3.61. The van der Waals surface area contributed by atoms with Gasteiger partial charge >= 0.3 is 24.8 Å². The Morgan fingerprint density at radius 2 is 1.88 bits per heavy atom. The van der Waals surface area contributed by atoms with E-state index in [2.05, 4.69) is 13.8 Å². The summed E-state index contributed by atoms with van der Waals surface area (Å²) in [6.45, 7) is 6.15. The molecule has 7 nitrogen and oxygen atoms in total. The largest absolute Gasteiger partial charge is 1.00 e. The molecular weight excluding hydrogens is 405 g/mol. The number of carbonyl (C=O) groups excluding carboxylic acids is 2. The molecule has 2 aliphatic rings. The third kappa shape index (κ3) is 5.12. The van der Waals surface area contributed by atoms with E-state index < -0.39 is 23.4 Å². The number of esters is 1. The van der Waals surface area contributed by atoms with Crippen LogP contribution in [-0.2, 0) is 26.5 Å². The Morgan fingerprint density at radius 1 is 1.22 bits per heavy atom. The monoisotopic (exact) mass is 433 g/mol. The Kier molecular flexibility index (Phi) is 9.20. The molecule has 2 aromatic rings. The number of likely N-dealkylation sites (tertiary alicyclic amines) is 1. The normalized spacial score (nSPS) is 20.8. The van der Waals surface area contributed by atoms with Crippen LogP contribution in [0.4, 0.5) is 0 Å². The number of hydrogen-bond acceptors (Lipinski definition) is 6. The van der Waals surface area contributed by atoms with Gasteiger partial charge in [0.2, 0.25) is 6.79 Å². The number of methoxy groups -OCH3 is 1. The molecule has 0 bridgehead atoms. The summed E-state index contributed by atoms with van der Waals surface area (Å²) in [7, 11) is 1.24. The zero-order valence-electron chi connectivity index (χ0n) is 18.9. The van der Waals surface area contributed by atoms with Gasteiger partial charge < -0.3 is 31.1 Å². The first-order chi connectivity index (χ1) is 14.9. The van der Waals surface area contributed by atoms with Gasteiger partial charge in [0.05, 0.1) is 7.11 Å². The first-order valence-corrected chi connectivity index (χ1v) is 10.3. The third-order valence-electron chi connectivity index (χ3n) is 5.39. The number of aliphatic hydroxyl groups is 1. The Hall–Kier alpha value is -2.46. The van der Waals surface area contributed by atoms with Crippen LogP contribution in [0.25, 0.3) is 0 Å². The van der Waals surface area contributed by atoms with E-state index in [0.29, 0.717) is 18.0 Å². The minimum absolute atomic E-state index is 0. The quantitative estimate of drug-likeness (QED) is 0.408. The predicted molar refractivity (Wildman–Crippen MR) is 114 cm³/mol. The van der Waals surface area contributed by atoms with Crippen LogP contribution in [0.5, 0.6) is 11.5 Å². The SMILES string of the molecule is COC(=O)C1CN(Cc2ccccc2)C(=O)C1(O)c1ccc2c(c1)OCO2.[CH2-]CCC.[Li+]. The van der Waals surface area contributed by atoms with Gasteiger partial charge in [-0.25, -0.2) is 0 Å². The number of nitrogens with zero attached hydrogens (tertiary/aromatic N) is 1. The predicted octanol–water partition coefficient (Wildman–Crippen LogP) is 0.0591. The summed E-state index contributed by atoms with van der Waals surface area (Å²) < 4.78 is 15.5. The van der Waals surface area contributed by atoms with Crippen LogP contribution in [0.3, 0.4) is 0 Å². The molecule has 1 fully saturated rings. The van der Waals surface area contributed by atoms with Gasteiger partial charge in [0.1, 0.15) is 5.92 Å². The Bertz CT molecular complexity index is 920. The van der Waals surface area contributed by atoms with Gasteiger partial charge in [-0.2, -0.15) is 6.42 Å². The van der Waals surface area contributed by atoms with Gasteiger partial charge in [-0.3, -0.25) is 9.59 Å². The molecule has 4 rings (SSSR count). The molecule has 2 aliphatic heterocycles. The number of fused-ring (bicyclic) bond motifs is 1. The summed E-state index contributed by atoms with van der Waals surface area (Å²) in [4.78, 5) is 27.0. The van der Waals surface area contributed by atoms with Crippen molar-refractivity contribution in [2.45, 2.75) is 31.9 Å². The Labute approximate surface area is 200 Å². The maximum absolute atomic E-state index is 13.2. The van der Waals surface area contributed by atoms with Crippen LogP contribution in [0.1, 0.15) is 30.9 Å². The smallest absolute Gasteiger partial charge is 0.469 e. The molecule has 2 heterocycles. The van der Waals surface area contributed by atoms with Crippen molar-refractivity contribution < 1.29 is 47.8 Å². The van der Waals surface area contributed by atoms with Crippen molar-refractivity contribution >= 4 is 11.9 Å². The molecule has 1 N–H and O–H groups in total. The van der Waals surface area contributed by atoms with Crippen LogP contribution in [0.15, 0.2) is 48.5 Å². The molecule has 0 spiro atoms. The van der Waals surface area contributed by atoms with Crippen LogP contribution < -0.4 is 28.3 Å². The first-order valence-electron chi connectivity index (χ1n) is 10.3. The van der Waals surface area contributed by atoms with Crippen molar-refractivity contribution in [3.63, 3.8) is 0 Å². The van der Waals surface area contributed by atoms with E-state index in [9.17, 15) is 14.7 Å². The average molecular weight is 433 g/mol. The molecule has 166 valence electrons. The molecule has 2 unspecified atom stereocenters. The molecule has 1 amide bonds. The molecular formula is C24H28LiNO6. The second-order valence-corrected chi connectivity index (χ2v) is 7.43. The maximum atomic E-state index is 13.2. The Morgan fingerprint density at radius 3 is 2.50 bits per heavy atom.